The maximum Gasteiger partial charge on any atom is 0.169 e. The summed E-state index contributed by atoms with van der Waals surface area (Å²) in [6.45, 7) is 12.5. The summed E-state index contributed by atoms with van der Waals surface area (Å²) >= 11 is 0. The summed E-state index contributed by atoms with van der Waals surface area (Å²) in [5.41, 5.74) is 0. The molecule has 1 rings (SSSR count). The van der Waals surface area contributed by atoms with Crippen LogP contribution in [-0.2, 0) is 0 Å². The van der Waals surface area contributed by atoms with E-state index in [-0.39, 0.29) is 0 Å². The van der Waals surface area contributed by atoms with Crippen molar-refractivity contribution in [2.45, 2.75) is 40.2 Å². The molecule has 0 aliphatic rings. The standard InChI is InChI=1S/C15H27N3O/c1-5-11-19-14-9-8-10-16-15(14)17-13(4)12-18(6-2)7-3/h8-10,13H,5-7,11-12H2,1-4H3,(H,16,17). The Morgan fingerprint density at radius 1 is 1.32 bits per heavy atom. The van der Waals surface area contributed by atoms with Crippen molar-refractivity contribution in [3.63, 3.8) is 0 Å². The van der Waals surface area contributed by atoms with Gasteiger partial charge in [0.15, 0.2) is 11.6 Å². The van der Waals surface area contributed by atoms with Gasteiger partial charge in [0.1, 0.15) is 0 Å². The summed E-state index contributed by atoms with van der Waals surface area (Å²) in [5.74, 6) is 1.69. The Hall–Kier alpha value is -1.29. The van der Waals surface area contributed by atoms with Crippen LogP contribution in [0, 0.1) is 0 Å². The van der Waals surface area contributed by atoms with E-state index in [0.29, 0.717) is 6.04 Å². The zero-order valence-electron chi connectivity index (χ0n) is 12.6. The fourth-order valence-electron chi connectivity index (χ4n) is 1.98. The number of anilines is 1. The van der Waals surface area contributed by atoms with E-state index in [1.165, 1.54) is 0 Å². The summed E-state index contributed by atoms with van der Waals surface area (Å²) in [5, 5.41) is 3.44. The smallest absolute Gasteiger partial charge is 0.169 e. The first kappa shape index (κ1) is 15.8. The lowest BCUT2D eigenvalue weighted by Gasteiger charge is -2.24. The van der Waals surface area contributed by atoms with Crippen LogP contribution in [0.1, 0.15) is 34.1 Å². The molecule has 0 aliphatic heterocycles. The first-order chi connectivity index (χ1) is 9.21. The maximum atomic E-state index is 5.71. The van der Waals surface area contributed by atoms with Gasteiger partial charge < -0.3 is 15.0 Å². The number of nitrogens with one attached hydrogen (secondary N) is 1. The van der Waals surface area contributed by atoms with Crippen molar-refractivity contribution in [3.8, 4) is 5.75 Å². The Balaban J connectivity index is 2.59. The molecule has 1 unspecified atom stereocenters. The van der Waals surface area contributed by atoms with E-state index in [2.05, 4.69) is 42.9 Å². The minimum absolute atomic E-state index is 0.346. The number of nitrogens with zero attached hydrogens (tertiary/aromatic N) is 2. The minimum Gasteiger partial charge on any atom is -0.490 e. The molecule has 4 heteroatoms. The molecule has 0 aliphatic carbocycles. The second kappa shape index (κ2) is 8.75. The Kier molecular flexibility index (Phi) is 7.26. The Labute approximate surface area is 117 Å². The van der Waals surface area contributed by atoms with Gasteiger partial charge >= 0.3 is 0 Å². The van der Waals surface area contributed by atoms with Crippen LogP contribution >= 0.6 is 0 Å². The third-order valence-electron chi connectivity index (χ3n) is 3.04. The second-order valence-electron chi connectivity index (χ2n) is 4.73. The number of hydrogen-bond acceptors (Lipinski definition) is 4. The van der Waals surface area contributed by atoms with Gasteiger partial charge in [-0.05, 0) is 38.6 Å². The zero-order valence-corrected chi connectivity index (χ0v) is 12.6. The van der Waals surface area contributed by atoms with Gasteiger partial charge in [0.05, 0.1) is 6.61 Å². The fraction of sp³-hybridized carbons (Fsp3) is 0.667. The zero-order chi connectivity index (χ0) is 14.1. The lowest BCUT2D eigenvalue weighted by Crippen LogP contribution is -2.35. The molecule has 0 fully saturated rings. The quantitative estimate of drug-likeness (QED) is 0.745. The molecule has 0 spiro atoms. The third kappa shape index (κ3) is 5.47. The molecular formula is C15H27N3O. The van der Waals surface area contributed by atoms with Gasteiger partial charge in [-0.2, -0.15) is 0 Å². The average molecular weight is 265 g/mol. The maximum absolute atomic E-state index is 5.71. The first-order valence-corrected chi connectivity index (χ1v) is 7.27. The van der Waals surface area contributed by atoms with Crippen LogP contribution in [0.4, 0.5) is 5.82 Å². The van der Waals surface area contributed by atoms with Crippen molar-refractivity contribution >= 4 is 5.82 Å². The third-order valence-corrected chi connectivity index (χ3v) is 3.04. The van der Waals surface area contributed by atoms with Crippen molar-refractivity contribution in [3.05, 3.63) is 18.3 Å². The summed E-state index contributed by atoms with van der Waals surface area (Å²) < 4.78 is 5.71. The fourth-order valence-corrected chi connectivity index (χ4v) is 1.98. The van der Waals surface area contributed by atoms with Crippen LogP contribution in [-0.4, -0.2) is 42.2 Å². The highest BCUT2D eigenvalue weighted by atomic mass is 16.5. The molecule has 0 amide bonds. The minimum atomic E-state index is 0.346. The summed E-state index contributed by atoms with van der Waals surface area (Å²) in [6.07, 6.45) is 2.80. The van der Waals surface area contributed by atoms with Gasteiger partial charge in [0.25, 0.3) is 0 Å². The van der Waals surface area contributed by atoms with E-state index in [1.54, 1.807) is 6.20 Å². The lowest BCUT2D eigenvalue weighted by molar-refractivity contribution is 0.293. The Bertz CT molecular complexity index is 353. The van der Waals surface area contributed by atoms with Crippen molar-refractivity contribution in [2.75, 3.05) is 31.6 Å². The molecule has 1 aromatic rings. The highest BCUT2D eigenvalue weighted by Crippen LogP contribution is 2.21. The predicted molar refractivity (Wildman–Crippen MR) is 80.9 cm³/mol. The Morgan fingerprint density at radius 3 is 2.68 bits per heavy atom. The van der Waals surface area contributed by atoms with E-state index in [9.17, 15) is 0 Å². The molecule has 0 saturated heterocycles. The van der Waals surface area contributed by atoms with Crippen LogP contribution in [0.15, 0.2) is 18.3 Å². The molecule has 0 radical (unpaired) electrons. The second-order valence-corrected chi connectivity index (χ2v) is 4.73. The van der Waals surface area contributed by atoms with E-state index < -0.39 is 0 Å². The van der Waals surface area contributed by atoms with Gasteiger partial charge in [0.2, 0.25) is 0 Å². The number of likely N-dealkylation sites (N-methyl/N-ethyl adjacent to an activating group) is 1. The highest BCUT2D eigenvalue weighted by Gasteiger charge is 2.10. The molecule has 1 heterocycles. The molecular weight excluding hydrogens is 238 g/mol. The van der Waals surface area contributed by atoms with E-state index in [4.69, 9.17) is 4.74 Å². The molecule has 0 bridgehead atoms. The number of hydrogen-bond donors (Lipinski definition) is 1. The van der Waals surface area contributed by atoms with Crippen LogP contribution in [0.25, 0.3) is 0 Å². The number of ether oxygens (including phenoxy) is 1. The molecule has 4 nitrogen and oxygen atoms in total. The molecule has 1 N–H and O–H groups in total. The number of rotatable bonds is 9. The van der Waals surface area contributed by atoms with Crippen LogP contribution in [0.2, 0.25) is 0 Å². The van der Waals surface area contributed by atoms with Crippen LogP contribution < -0.4 is 10.1 Å². The lowest BCUT2D eigenvalue weighted by atomic mass is 10.3. The topological polar surface area (TPSA) is 37.4 Å². The monoisotopic (exact) mass is 265 g/mol. The van der Waals surface area contributed by atoms with Crippen LogP contribution in [0.3, 0.4) is 0 Å². The van der Waals surface area contributed by atoms with Gasteiger partial charge in [-0.15, -0.1) is 0 Å². The summed E-state index contributed by atoms with van der Waals surface area (Å²) in [7, 11) is 0. The van der Waals surface area contributed by atoms with Gasteiger partial charge in [0, 0.05) is 18.8 Å². The SMILES string of the molecule is CCCOc1cccnc1NC(C)CN(CC)CC. The normalized spacial score (nSPS) is 12.5. The largest absolute Gasteiger partial charge is 0.490 e. The molecule has 108 valence electrons. The van der Waals surface area contributed by atoms with Gasteiger partial charge in [-0.1, -0.05) is 20.8 Å². The molecule has 0 saturated carbocycles. The first-order valence-electron chi connectivity index (χ1n) is 7.27. The molecule has 0 aromatic carbocycles. The van der Waals surface area contributed by atoms with Crippen molar-refractivity contribution in [2.24, 2.45) is 0 Å². The molecule has 1 aromatic heterocycles. The van der Waals surface area contributed by atoms with Crippen molar-refractivity contribution in [1.29, 1.82) is 0 Å². The average Bonchev–Trinajstić information content (AvgIpc) is 2.43. The molecule has 1 atom stereocenters. The predicted octanol–water partition coefficient (Wildman–Crippen LogP) is 3.01. The number of pyridine rings is 1. The highest BCUT2D eigenvalue weighted by molar-refractivity contribution is 5.50. The van der Waals surface area contributed by atoms with Crippen molar-refractivity contribution < 1.29 is 4.74 Å². The summed E-state index contributed by atoms with van der Waals surface area (Å²) in [6, 6.07) is 4.22. The number of aromatic nitrogens is 1. The van der Waals surface area contributed by atoms with E-state index >= 15 is 0 Å². The molecule has 19 heavy (non-hydrogen) atoms. The van der Waals surface area contributed by atoms with E-state index in [0.717, 1.165) is 44.2 Å². The van der Waals surface area contributed by atoms with Crippen molar-refractivity contribution in [1.82, 2.24) is 9.88 Å². The van der Waals surface area contributed by atoms with Gasteiger partial charge in [-0.25, -0.2) is 4.98 Å². The summed E-state index contributed by atoms with van der Waals surface area (Å²) in [4.78, 5) is 6.77. The van der Waals surface area contributed by atoms with Gasteiger partial charge in [-0.3, -0.25) is 0 Å². The Morgan fingerprint density at radius 2 is 2.05 bits per heavy atom. The van der Waals surface area contributed by atoms with Crippen LogP contribution in [0.5, 0.6) is 5.75 Å². The van der Waals surface area contributed by atoms with E-state index in [1.807, 2.05) is 12.1 Å².